The molecule has 0 saturated heterocycles. The number of rotatable bonds is 6. The average molecular weight is 290 g/mol. The summed E-state index contributed by atoms with van der Waals surface area (Å²) in [6.45, 7) is 2.70. The molecule has 2 N–H and O–H groups in total. The first kappa shape index (κ1) is 16.4. The van der Waals surface area contributed by atoms with Gasteiger partial charge in [0.15, 0.2) is 0 Å². The smallest absolute Gasteiger partial charge is 0.339 e. The van der Waals surface area contributed by atoms with E-state index in [4.69, 9.17) is 16.3 Å². The molecule has 0 aromatic heterocycles. The highest BCUT2D eigenvalue weighted by atomic mass is 16.5. The van der Waals surface area contributed by atoms with Gasteiger partial charge in [-0.15, -0.1) is 6.42 Å². The quantitative estimate of drug-likeness (QED) is 0.788. The van der Waals surface area contributed by atoms with Gasteiger partial charge in [0.2, 0.25) is 0 Å². The molecule has 0 heterocycles. The minimum atomic E-state index is -1.09. The summed E-state index contributed by atoms with van der Waals surface area (Å²) in [5, 5.41) is 11.7. The Morgan fingerprint density at radius 2 is 2.19 bits per heavy atom. The van der Waals surface area contributed by atoms with E-state index in [0.29, 0.717) is 12.2 Å². The summed E-state index contributed by atoms with van der Waals surface area (Å²) in [7, 11) is 1.37. The van der Waals surface area contributed by atoms with Gasteiger partial charge in [0.1, 0.15) is 11.3 Å². The van der Waals surface area contributed by atoms with Crippen molar-refractivity contribution in [2.45, 2.75) is 13.3 Å². The van der Waals surface area contributed by atoms with E-state index in [1.807, 2.05) is 6.92 Å². The third-order valence-corrected chi connectivity index (χ3v) is 2.75. The van der Waals surface area contributed by atoms with Crippen LogP contribution in [0.25, 0.3) is 0 Å². The van der Waals surface area contributed by atoms with Crippen molar-refractivity contribution in [1.82, 2.24) is 4.90 Å². The zero-order chi connectivity index (χ0) is 15.8. The van der Waals surface area contributed by atoms with Gasteiger partial charge in [-0.25, -0.2) is 9.59 Å². The van der Waals surface area contributed by atoms with E-state index in [-0.39, 0.29) is 23.9 Å². The second-order valence-corrected chi connectivity index (χ2v) is 4.28. The van der Waals surface area contributed by atoms with Gasteiger partial charge in [0.05, 0.1) is 13.7 Å². The molecular weight excluding hydrogens is 272 g/mol. The van der Waals surface area contributed by atoms with Crippen molar-refractivity contribution in [2.24, 2.45) is 0 Å². The molecule has 0 radical (unpaired) electrons. The number of anilines is 1. The summed E-state index contributed by atoms with van der Waals surface area (Å²) in [5.74, 6) is 1.52. The van der Waals surface area contributed by atoms with Crippen LogP contribution < -0.4 is 10.1 Å². The lowest BCUT2D eigenvalue weighted by molar-refractivity contribution is 0.0693. The lowest BCUT2D eigenvalue weighted by Gasteiger charge is -2.20. The van der Waals surface area contributed by atoms with Crippen LogP contribution in [0.1, 0.15) is 23.7 Å². The number of carboxylic acid groups (broad SMARTS) is 1. The Morgan fingerprint density at radius 1 is 1.48 bits per heavy atom. The zero-order valence-corrected chi connectivity index (χ0v) is 12.0. The van der Waals surface area contributed by atoms with E-state index in [0.717, 1.165) is 6.42 Å². The normalized spacial score (nSPS) is 9.57. The molecule has 1 rings (SSSR count). The van der Waals surface area contributed by atoms with Crippen molar-refractivity contribution in [2.75, 3.05) is 25.5 Å². The monoisotopic (exact) mass is 290 g/mol. The van der Waals surface area contributed by atoms with Gasteiger partial charge in [-0.2, -0.15) is 0 Å². The molecule has 0 fully saturated rings. The molecule has 1 aromatic rings. The molecule has 0 atom stereocenters. The summed E-state index contributed by atoms with van der Waals surface area (Å²) in [5.41, 5.74) is 0.476. The number of nitrogens with one attached hydrogen (secondary N) is 1. The van der Waals surface area contributed by atoms with E-state index in [1.54, 1.807) is 0 Å². The summed E-state index contributed by atoms with van der Waals surface area (Å²) in [6.07, 6.45) is 6.02. The van der Waals surface area contributed by atoms with Crippen LogP contribution in [-0.2, 0) is 0 Å². The number of carboxylic acids is 1. The Balaban J connectivity index is 2.90. The third kappa shape index (κ3) is 4.42. The van der Waals surface area contributed by atoms with Crippen LogP contribution in [0, 0.1) is 12.3 Å². The maximum atomic E-state index is 12.1. The number of urea groups is 1. The Labute approximate surface area is 123 Å². The molecule has 0 bridgehead atoms. The van der Waals surface area contributed by atoms with Gasteiger partial charge < -0.3 is 20.1 Å². The van der Waals surface area contributed by atoms with Gasteiger partial charge in [0.25, 0.3) is 0 Å². The molecule has 0 aliphatic carbocycles. The predicted molar refractivity (Wildman–Crippen MR) is 79.7 cm³/mol. The van der Waals surface area contributed by atoms with Gasteiger partial charge >= 0.3 is 12.0 Å². The van der Waals surface area contributed by atoms with Gasteiger partial charge in [0, 0.05) is 18.3 Å². The number of carbonyl (C=O) groups is 2. The maximum Gasteiger partial charge on any atom is 0.339 e. The van der Waals surface area contributed by atoms with Crippen LogP contribution in [0.5, 0.6) is 5.75 Å². The number of benzene rings is 1. The lowest BCUT2D eigenvalue weighted by atomic mass is 10.2. The van der Waals surface area contributed by atoms with E-state index < -0.39 is 5.97 Å². The highest BCUT2D eigenvalue weighted by molar-refractivity contribution is 5.94. The summed E-state index contributed by atoms with van der Waals surface area (Å²) < 4.78 is 5.01. The topological polar surface area (TPSA) is 78.9 Å². The Hall–Kier alpha value is -2.68. The van der Waals surface area contributed by atoms with Crippen molar-refractivity contribution < 1.29 is 19.4 Å². The SMILES string of the molecule is C#CCN(CCC)C(=O)Nc1ccc(C(=O)O)c(OC)c1. The number of ether oxygens (including phenoxy) is 1. The number of carbonyl (C=O) groups excluding carboxylic acids is 1. The molecule has 6 heteroatoms. The number of amides is 2. The molecule has 112 valence electrons. The van der Waals surface area contributed by atoms with E-state index >= 15 is 0 Å². The number of hydrogen-bond donors (Lipinski definition) is 2. The molecule has 0 aliphatic rings. The second-order valence-electron chi connectivity index (χ2n) is 4.28. The summed E-state index contributed by atoms with van der Waals surface area (Å²) in [6, 6.07) is 4.01. The highest BCUT2D eigenvalue weighted by Gasteiger charge is 2.15. The van der Waals surface area contributed by atoms with Crippen LogP contribution in [0.4, 0.5) is 10.5 Å². The molecule has 0 unspecified atom stereocenters. The van der Waals surface area contributed by atoms with Crippen LogP contribution in [0.2, 0.25) is 0 Å². The number of aromatic carboxylic acids is 1. The first-order valence-corrected chi connectivity index (χ1v) is 6.44. The number of terminal acetylenes is 1. The van der Waals surface area contributed by atoms with Crippen molar-refractivity contribution >= 4 is 17.7 Å². The number of hydrogen-bond acceptors (Lipinski definition) is 3. The molecule has 6 nitrogen and oxygen atoms in total. The van der Waals surface area contributed by atoms with Crippen LogP contribution in [0.3, 0.4) is 0 Å². The first-order valence-electron chi connectivity index (χ1n) is 6.44. The molecule has 0 saturated carbocycles. The van der Waals surface area contributed by atoms with Gasteiger partial charge in [-0.1, -0.05) is 12.8 Å². The molecule has 1 aromatic carbocycles. The van der Waals surface area contributed by atoms with Crippen molar-refractivity contribution in [3.05, 3.63) is 23.8 Å². The highest BCUT2D eigenvalue weighted by Crippen LogP contribution is 2.23. The van der Waals surface area contributed by atoms with Crippen LogP contribution in [-0.4, -0.2) is 42.2 Å². The fourth-order valence-electron chi connectivity index (χ4n) is 1.78. The minimum absolute atomic E-state index is 0.0320. The molecule has 21 heavy (non-hydrogen) atoms. The number of nitrogens with zero attached hydrogens (tertiary/aromatic N) is 1. The third-order valence-electron chi connectivity index (χ3n) is 2.75. The van der Waals surface area contributed by atoms with E-state index in [2.05, 4.69) is 11.2 Å². The molecule has 0 spiro atoms. The standard InChI is InChI=1S/C15H18N2O4/c1-4-8-17(9-5-2)15(20)16-11-6-7-12(14(18)19)13(10-11)21-3/h1,6-7,10H,5,8-9H2,2-3H3,(H,16,20)(H,18,19). The van der Waals surface area contributed by atoms with Gasteiger partial charge in [-0.05, 0) is 18.6 Å². The van der Waals surface area contributed by atoms with E-state index in [9.17, 15) is 9.59 Å². The zero-order valence-electron chi connectivity index (χ0n) is 12.0. The second kappa shape index (κ2) is 7.80. The molecular formula is C15H18N2O4. The Morgan fingerprint density at radius 3 is 2.71 bits per heavy atom. The lowest BCUT2D eigenvalue weighted by Crippen LogP contribution is -2.35. The largest absolute Gasteiger partial charge is 0.496 e. The van der Waals surface area contributed by atoms with Gasteiger partial charge in [-0.3, -0.25) is 0 Å². The average Bonchev–Trinajstić information content (AvgIpc) is 2.46. The van der Waals surface area contributed by atoms with Crippen LogP contribution >= 0.6 is 0 Å². The Bertz CT molecular complexity index is 563. The fourth-order valence-corrected chi connectivity index (χ4v) is 1.78. The van der Waals surface area contributed by atoms with Crippen molar-refractivity contribution in [3.63, 3.8) is 0 Å². The first-order chi connectivity index (χ1) is 10.0. The fraction of sp³-hybridized carbons (Fsp3) is 0.333. The maximum absolute atomic E-state index is 12.1. The number of methoxy groups -OCH3 is 1. The van der Waals surface area contributed by atoms with Crippen molar-refractivity contribution in [3.8, 4) is 18.1 Å². The minimum Gasteiger partial charge on any atom is -0.496 e. The van der Waals surface area contributed by atoms with Crippen LogP contribution in [0.15, 0.2) is 18.2 Å². The molecule has 2 amide bonds. The summed E-state index contributed by atoms with van der Waals surface area (Å²) in [4.78, 5) is 24.6. The van der Waals surface area contributed by atoms with Crippen molar-refractivity contribution in [1.29, 1.82) is 0 Å². The molecule has 0 aliphatic heterocycles. The Kier molecular flexibility index (Phi) is 6.08. The predicted octanol–water partition coefficient (Wildman–Crippen LogP) is 2.27. The van der Waals surface area contributed by atoms with E-state index in [1.165, 1.54) is 30.2 Å². The summed E-state index contributed by atoms with van der Waals surface area (Å²) >= 11 is 0.